The van der Waals surface area contributed by atoms with Gasteiger partial charge < -0.3 is 97.4 Å². The number of aliphatic carboxylic acids is 5. The molecule has 3 aromatic carbocycles. The molecule has 4 aromatic rings. The Morgan fingerprint density at radius 3 is 1.79 bits per heavy atom. The van der Waals surface area contributed by atoms with Crippen molar-refractivity contribution in [1.82, 2.24) is 71.8 Å². The molecule has 0 bridgehead atoms. The van der Waals surface area contributed by atoms with Crippen molar-refractivity contribution in [3.8, 4) is 11.3 Å². The lowest BCUT2D eigenvalue weighted by Gasteiger charge is -2.36. The Balaban J connectivity index is 1.01. The molecule has 36 heteroatoms. The van der Waals surface area contributed by atoms with E-state index in [-0.39, 0.29) is 110 Å². The van der Waals surface area contributed by atoms with Gasteiger partial charge in [0.1, 0.15) is 23.8 Å². The van der Waals surface area contributed by atoms with E-state index in [0.29, 0.717) is 139 Å². The zero-order valence-electron chi connectivity index (χ0n) is 62.2. The number of nitrogens with one attached hydrogen (secondary N) is 9. The zero-order chi connectivity index (χ0) is 79.1. The van der Waals surface area contributed by atoms with E-state index >= 15 is 0 Å². The smallest absolute Gasteiger partial charge is 0.326 e. The molecule has 0 aliphatic carbocycles. The van der Waals surface area contributed by atoms with Crippen molar-refractivity contribution >= 4 is 111 Å². The summed E-state index contributed by atoms with van der Waals surface area (Å²) in [7, 11) is 4.04. The van der Waals surface area contributed by atoms with Crippen LogP contribution in [0, 0.1) is 3.57 Å². The minimum atomic E-state index is -1.25. The minimum absolute atomic E-state index is 0.0151. The molecule has 14 N–H and O–H groups in total. The van der Waals surface area contributed by atoms with Crippen molar-refractivity contribution < 1.29 is 87.7 Å². The number of nitrogens with zero attached hydrogens (tertiary/aromatic N) is 7. The van der Waals surface area contributed by atoms with Gasteiger partial charge in [-0.05, 0) is 180 Å². The summed E-state index contributed by atoms with van der Waals surface area (Å²) in [5.41, 5.74) is 4.66. The number of benzene rings is 3. The number of hydrogen-bond acceptors (Lipinski definition) is 20. The number of anilines is 2. The van der Waals surface area contributed by atoms with Gasteiger partial charge in [-0.15, -0.1) is 5.10 Å². The van der Waals surface area contributed by atoms with Crippen LogP contribution in [0.5, 0.6) is 0 Å². The highest BCUT2D eigenvalue weighted by molar-refractivity contribution is 14.1. The minimum Gasteiger partial charge on any atom is -0.481 e. The van der Waals surface area contributed by atoms with Crippen LogP contribution >= 0.6 is 34.8 Å². The van der Waals surface area contributed by atoms with E-state index < -0.39 is 71.8 Å². The van der Waals surface area contributed by atoms with Crippen LogP contribution in [0.25, 0.3) is 11.3 Å². The van der Waals surface area contributed by atoms with Gasteiger partial charge in [0.15, 0.2) is 5.11 Å². The zero-order valence-corrected chi connectivity index (χ0v) is 65.2. The van der Waals surface area contributed by atoms with Crippen LogP contribution in [0.4, 0.5) is 21.0 Å². The molecule has 1 saturated heterocycles. The Morgan fingerprint density at radius 2 is 1.12 bits per heavy atom. The first-order valence-electron chi connectivity index (χ1n) is 36.9. The molecule has 4 atom stereocenters. The molecule has 1 fully saturated rings. The van der Waals surface area contributed by atoms with Crippen molar-refractivity contribution in [3.05, 3.63) is 93.7 Å². The summed E-state index contributed by atoms with van der Waals surface area (Å²) in [5.74, 6) is -6.56. The van der Waals surface area contributed by atoms with Gasteiger partial charge in [-0.25, -0.2) is 23.9 Å². The molecule has 602 valence electrons. The second kappa shape index (κ2) is 52.4. The summed E-state index contributed by atoms with van der Waals surface area (Å²) in [6.45, 7) is 6.38. The molecular formula is C73H109IN16O18S. The number of rotatable bonds is 50. The number of carboxylic acid groups (broad SMARTS) is 5. The number of ether oxygens (including phenoxy) is 3. The van der Waals surface area contributed by atoms with Crippen molar-refractivity contribution in [1.29, 1.82) is 0 Å². The molecule has 0 spiro atoms. The summed E-state index contributed by atoms with van der Waals surface area (Å²) in [5, 5.41) is 81.5. The molecule has 109 heavy (non-hydrogen) atoms. The van der Waals surface area contributed by atoms with Gasteiger partial charge in [0.05, 0.1) is 65.5 Å². The second-order valence-electron chi connectivity index (χ2n) is 26.6. The number of hydrogen-bond donors (Lipinski definition) is 14. The Labute approximate surface area is 654 Å². The van der Waals surface area contributed by atoms with E-state index in [1.165, 1.54) is 0 Å². The highest BCUT2D eigenvalue weighted by Gasteiger charge is 2.28. The van der Waals surface area contributed by atoms with Gasteiger partial charge in [-0.3, -0.25) is 38.6 Å². The van der Waals surface area contributed by atoms with Gasteiger partial charge in [0.25, 0.3) is 0 Å². The van der Waals surface area contributed by atoms with Crippen molar-refractivity contribution in [2.24, 2.45) is 0 Å². The SMILES string of the molecule is CN1CCN(CC(=O)O)CCN(CC(=O)O)CC(Cc2ccc(NC(=S)NCCCC[C@H](NC(=O)CCOCCOCCOCCn3cc(-c4cccc(NC(=O)NCCCC[C@H](NC(=O)NCCCC(=O)O)C(=O)O)c4)nn3)C(=O)N[C@@H](CCCCNC(=O)CCCc3ccc(I)cc3)C(=O)O)cc2)N(C)CC1. The van der Waals surface area contributed by atoms with Gasteiger partial charge >= 0.3 is 41.9 Å². The third kappa shape index (κ3) is 40.5. The fraction of sp³-hybridized carbons (Fsp3) is 0.575. The molecule has 1 aliphatic heterocycles. The van der Waals surface area contributed by atoms with E-state index in [9.17, 15) is 68.4 Å². The molecule has 1 unspecified atom stereocenters. The summed E-state index contributed by atoms with van der Waals surface area (Å²) in [4.78, 5) is 131. The maximum atomic E-state index is 13.9. The van der Waals surface area contributed by atoms with Crippen molar-refractivity contribution in [2.45, 2.75) is 133 Å². The average molecular weight is 1660 g/mol. The van der Waals surface area contributed by atoms with Gasteiger partial charge in [-0.2, -0.15) is 0 Å². The van der Waals surface area contributed by atoms with Crippen LogP contribution in [-0.2, 0) is 72.0 Å². The van der Waals surface area contributed by atoms with Crippen molar-refractivity contribution in [3.63, 3.8) is 0 Å². The molecule has 5 rings (SSSR count). The van der Waals surface area contributed by atoms with Crippen LogP contribution in [0.15, 0.2) is 79.0 Å². The first-order chi connectivity index (χ1) is 52.4. The summed E-state index contributed by atoms with van der Waals surface area (Å²) >= 11 is 7.88. The van der Waals surface area contributed by atoms with Gasteiger partial charge in [-0.1, -0.05) is 41.6 Å². The number of likely N-dealkylation sites (N-methyl/N-ethyl adjacent to an activating group) is 2. The van der Waals surface area contributed by atoms with Gasteiger partial charge in [0, 0.05) is 118 Å². The quantitative estimate of drug-likeness (QED) is 0.0169. The normalized spacial score (nSPS) is 14.8. The van der Waals surface area contributed by atoms with Crippen LogP contribution in [0.2, 0.25) is 0 Å². The fourth-order valence-corrected chi connectivity index (χ4v) is 12.1. The number of thiocarbonyl (C=S) groups is 1. The summed E-state index contributed by atoms with van der Waals surface area (Å²) in [6.07, 6.45) is 7.25. The van der Waals surface area contributed by atoms with Gasteiger partial charge in [0.2, 0.25) is 17.7 Å². The third-order valence-corrected chi connectivity index (χ3v) is 18.6. The molecule has 1 aromatic heterocycles. The second-order valence-corrected chi connectivity index (χ2v) is 28.2. The number of carboxylic acids is 5. The topological polar surface area (TPSA) is 451 Å². The lowest BCUT2D eigenvalue weighted by Crippen LogP contribution is -2.51. The predicted octanol–water partition coefficient (Wildman–Crippen LogP) is 3.98. The lowest BCUT2D eigenvalue weighted by atomic mass is 10.0. The summed E-state index contributed by atoms with van der Waals surface area (Å²) < 4.78 is 19.8. The largest absolute Gasteiger partial charge is 0.481 e. The Bertz CT molecular complexity index is 3470. The van der Waals surface area contributed by atoms with Crippen LogP contribution in [0.3, 0.4) is 0 Å². The molecule has 7 amide bonds. The average Bonchev–Trinajstić information content (AvgIpc) is 1.84. The molecule has 2 heterocycles. The molecule has 1 aliphatic rings. The third-order valence-electron chi connectivity index (χ3n) is 17.7. The predicted molar refractivity (Wildman–Crippen MR) is 419 cm³/mol. The monoisotopic (exact) mass is 1660 g/mol. The number of carbonyl (C=O) groups excluding carboxylic acids is 5. The van der Waals surface area contributed by atoms with E-state index in [1.54, 1.807) is 29.1 Å². The standard InChI is InChI=1S/C73H109IN16O18S/c1-86-33-35-87(2)58(48-89(51-67(97)98)38-37-88(36-34-86)50-66(95)96)46-53-22-26-56(27-23-53)80-73(109)78-31-8-3-15-59(68(99)82-60(69(100)101)16-4-6-29-75-63(91)18-9-12-52-20-24-55(74)25-21-52)81-64(92)28-40-106-42-44-108-45-43-107-41-39-90-49-62(84-85-90)54-13-10-14-57(47-54)79-71(104)76-30-7-5-17-61(70(102)103)83-72(105)77-32-11-19-65(93)94/h10,13-14,20-27,47,49,58-61H,3-9,11-12,15-19,28-46,48,50-51H2,1-2H3,(H,75,91)(H,81,92)(H,82,99)(H,93,94)(H,95,96)(H,97,98)(H,100,101)(H,102,103)(H2,76,79,104)(H2,77,83,105)(H2,78,80,109)/t58?,59-,60-,61-/m0/s1. The van der Waals surface area contributed by atoms with Crippen LogP contribution < -0.4 is 47.9 Å². The van der Waals surface area contributed by atoms with E-state index in [1.807, 2.05) is 78.5 Å². The number of carbonyl (C=O) groups is 10. The highest BCUT2D eigenvalue weighted by Crippen LogP contribution is 2.21. The van der Waals surface area contributed by atoms with Crippen LogP contribution in [0.1, 0.15) is 101 Å². The Kier molecular flexibility index (Phi) is 43.6. The maximum Gasteiger partial charge on any atom is 0.326 e. The number of halogens is 1. The lowest BCUT2D eigenvalue weighted by molar-refractivity contribution is -0.142. The van der Waals surface area contributed by atoms with E-state index in [2.05, 4.69) is 90.6 Å². The van der Waals surface area contributed by atoms with Crippen molar-refractivity contribution in [2.75, 3.05) is 149 Å². The Morgan fingerprint density at radius 1 is 0.541 bits per heavy atom. The van der Waals surface area contributed by atoms with E-state index in [4.69, 9.17) is 31.5 Å². The fourth-order valence-electron chi connectivity index (χ4n) is 11.5. The molecule has 34 nitrogen and oxygen atoms in total. The molecule has 0 radical (unpaired) electrons. The highest BCUT2D eigenvalue weighted by atomic mass is 127. The first-order valence-corrected chi connectivity index (χ1v) is 38.4. The molecular weight excluding hydrogens is 1550 g/mol. The van der Waals surface area contributed by atoms with Crippen LogP contribution in [-0.4, -0.2) is 288 Å². The summed E-state index contributed by atoms with van der Waals surface area (Å²) in [6, 6.07) is 18.2. The number of aromatic nitrogens is 3. The number of aryl methyl sites for hydroxylation is 1. The number of amides is 7. The number of unbranched alkanes of at least 4 members (excludes halogenated alkanes) is 3. The van der Waals surface area contributed by atoms with E-state index in [0.717, 1.165) is 39.9 Å². The maximum absolute atomic E-state index is 13.9. The Hall–Kier alpha value is -8.76. The first kappa shape index (κ1) is 90.9. The number of urea groups is 2. The molecule has 0 saturated carbocycles.